The van der Waals surface area contributed by atoms with Crippen LogP contribution in [-0.4, -0.2) is 43.4 Å². The summed E-state index contributed by atoms with van der Waals surface area (Å²) in [6.45, 7) is 9.65. The lowest BCUT2D eigenvalue weighted by Gasteiger charge is -2.20. The molecule has 2 heterocycles. The molecule has 1 aromatic carbocycles. The minimum Gasteiger partial charge on any atom is -0.298 e. The van der Waals surface area contributed by atoms with Crippen LogP contribution in [0.25, 0.3) is 0 Å². The average molecular weight is 317 g/mol. The Labute approximate surface area is 136 Å². The fourth-order valence-electron chi connectivity index (χ4n) is 2.70. The van der Waals surface area contributed by atoms with Gasteiger partial charge in [0.05, 0.1) is 5.54 Å². The molecule has 0 aliphatic carbocycles. The molecule has 0 N–H and O–H groups in total. The Bertz CT molecular complexity index is 604. The molecular formula is C16H23N5S. The summed E-state index contributed by atoms with van der Waals surface area (Å²) in [6, 6.07) is 10.7. The molecule has 1 atom stereocenters. The summed E-state index contributed by atoms with van der Waals surface area (Å²) in [6.07, 6.45) is 1.19. The number of benzene rings is 1. The molecule has 3 rings (SSSR count). The van der Waals surface area contributed by atoms with Crippen LogP contribution in [-0.2, 0) is 12.1 Å². The Morgan fingerprint density at radius 3 is 2.73 bits per heavy atom. The van der Waals surface area contributed by atoms with E-state index in [1.807, 2.05) is 16.4 Å². The van der Waals surface area contributed by atoms with E-state index in [-0.39, 0.29) is 5.54 Å². The van der Waals surface area contributed by atoms with E-state index < -0.39 is 0 Å². The molecule has 22 heavy (non-hydrogen) atoms. The third-order valence-electron chi connectivity index (χ3n) is 3.83. The van der Waals surface area contributed by atoms with Gasteiger partial charge in [0.2, 0.25) is 5.16 Å². The standard InChI is InChI=1S/C16H23N5S/c1-16(2,3)21-15(17-18-19-21)22-14-9-10-20(12-14)11-13-7-5-4-6-8-13/h4-8,14H,9-12H2,1-3H3/t14-/m1/s1. The van der Waals surface area contributed by atoms with E-state index in [0.29, 0.717) is 5.25 Å². The fourth-order valence-corrected chi connectivity index (χ4v) is 4.00. The minimum atomic E-state index is -0.0752. The van der Waals surface area contributed by atoms with Gasteiger partial charge in [-0.15, -0.1) is 5.10 Å². The summed E-state index contributed by atoms with van der Waals surface area (Å²) in [4.78, 5) is 2.51. The normalized spacial score (nSPS) is 19.7. The van der Waals surface area contributed by atoms with Crippen molar-refractivity contribution in [3.8, 4) is 0 Å². The molecule has 1 aliphatic heterocycles. The molecule has 5 nitrogen and oxygen atoms in total. The van der Waals surface area contributed by atoms with Crippen molar-refractivity contribution in [2.24, 2.45) is 0 Å². The van der Waals surface area contributed by atoms with E-state index in [1.165, 1.54) is 12.0 Å². The predicted molar refractivity (Wildman–Crippen MR) is 88.8 cm³/mol. The largest absolute Gasteiger partial charge is 0.298 e. The van der Waals surface area contributed by atoms with Gasteiger partial charge in [-0.2, -0.15) is 0 Å². The highest BCUT2D eigenvalue weighted by Crippen LogP contribution is 2.30. The third-order valence-corrected chi connectivity index (χ3v) is 5.01. The van der Waals surface area contributed by atoms with Gasteiger partial charge in [0, 0.05) is 18.3 Å². The molecule has 118 valence electrons. The minimum absolute atomic E-state index is 0.0752. The first kappa shape index (κ1) is 15.5. The van der Waals surface area contributed by atoms with Gasteiger partial charge in [0.25, 0.3) is 0 Å². The van der Waals surface area contributed by atoms with Crippen molar-refractivity contribution in [3.63, 3.8) is 0 Å². The molecule has 6 heteroatoms. The van der Waals surface area contributed by atoms with Crippen molar-refractivity contribution in [1.29, 1.82) is 0 Å². The average Bonchev–Trinajstić information content (AvgIpc) is 3.09. The van der Waals surface area contributed by atoms with Crippen LogP contribution in [0.15, 0.2) is 35.5 Å². The molecule has 1 saturated heterocycles. The SMILES string of the molecule is CC(C)(C)n1nnnc1S[C@@H]1CCN(Cc2ccccc2)C1. The van der Waals surface area contributed by atoms with Gasteiger partial charge in [-0.05, 0) is 49.7 Å². The lowest BCUT2D eigenvalue weighted by molar-refractivity contribution is 0.320. The molecule has 0 bridgehead atoms. The van der Waals surface area contributed by atoms with E-state index in [9.17, 15) is 0 Å². The van der Waals surface area contributed by atoms with Crippen LogP contribution in [0, 0.1) is 0 Å². The number of likely N-dealkylation sites (tertiary alicyclic amines) is 1. The number of hydrogen-bond donors (Lipinski definition) is 0. The van der Waals surface area contributed by atoms with Gasteiger partial charge >= 0.3 is 0 Å². The molecule has 0 saturated carbocycles. The summed E-state index contributed by atoms with van der Waals surface area (Å²) in [5.41, 5.74) is 1.31. The van der Waals surface area contributed by atoms with E-state index in [2.05, 4.69) is 71.5 Å². The maximum Gasteiger partial charge on any atom is 0.210 e. The Morgan fingerprint density at radius 2 is 2.00 bits per heavy atom. The van der Waals surface area contributed by atoms with Crippen molar-refractivity contribution in [3.05, 3.63) is 35.9 Å². The summed E-state index contributed by atoms with van der Waals surface area (Å²) in [5.74, 6) is 0. The maximum atomic E-state index is 4.20. The van der Waals surface area contributed by atoms with Crippen LogP contribution < -0.4 is 0 Å². The van der Waals surface area contributed by atoms with Crippen molar-refractivity contribution < 1.29 is 0 Å². The first-order valence-electron chi connectivity index (χ1n) is 7.74. The smallest absolute Gasteiger partial charge is 0.210 e. The lowest BCUT2D eigenvalue weighted by Crippen LogP contribution is -2.25. The molecule has 1 aromatic heterocycles. The van der Waals surface area contributed by atoms with E-state index in [4.69, 9.17) is 0 Å². The Balaban J connectivity index is 1.59. The monoisotopic (exact) mass is 317 g/mol. The molecule has 0 unspecified atom stereocenters. The summed E-state index contributed by atoms with van der Waals surface area (Å²) in [5, 5.41) is 13.7. The van der Waals surface area contributed by atoms with Crippen LogP contribution in [0.4, 0.5) is 0 Å². The van der Waals surface area contributed by atoms with E-state index in [1.54, 1.807) is 0 Å². The van der Waals surface area contributed by atoms with Crippen LogP contribution in [0.5, 0.6) is 0 Å². The van der Waals surface area contributed by atoms with Gasteiger partial charge in [-0.25, -0.2) is 4.68 Å². The third kappa shape index (κ3) is 3.67. The number of aromatic nitrogens is 4. The van der Waals surface area contributed by atoms with Crippen LogP contribution in [0.2, 0.25) is 0 Å². The van der Waals surface area contributed by atoms with Crippen molar-refractivity contribution in [1.82, 2.24) is 25.1 Å². The summed E-state index contributed by atoms with van der Waals surface area (Å²) >= 11 is 1.81. The molecule has 1 aliphatic rings. The van der Waals surface area contributed by atoms with Gasteiger partial charge in [-0.1, -0.05) is 42.1 Å². The number of hydrogen-bond acceptors (Lipinski definition) is 5. The first-order valence-corrected chi connectivity index (χ1v) is 8.62. The second-order valence-corrected chi connectivity index (χ2v) is 8.06. The molecule has 0 amide bonds. The fraction of sp³-hybridized carbons (Fsp3) is 0.562. The van der Waals surface area contributed by atoms with Gasteiger partial charge in [0.1, 0.15) is 0 Å². The van der Waals surface area contributed by atoms with Crippen LogP contribution in [0.1, 0.15) is 32.8 Å². The second-order valence-electron chi connectivity index (χ2n) is 6.79. The van der Waals surface area contributed by atoms with Gasteiger partial charge < -0.3 is 0 Å². The maximum absolute atomic E-state index is 4.20. The highest BCUT2D eigenvalue weighted by atomic mass is 32.2. The van der Waals surface area contributed by atoms with Crippen molar-refractivity contribution >= 4 is 11.8 Å². The number of tetrazole rings is 1. The zero-order valence-corrected chi connectivity index (χ0v) is 14.3. The van der Waals surface area contributed by atoms with Crippen LogP contribution in [0.3, 0.4) is 0 Å². The molecule has 0 spiro atoms. The summed E-state index contributed by atoms with van der Waals surface area (Å²) < 4.78 is 1.93. The van der Waals surface area contributed by atoms with Crippen LogP contribution >= 0.6 is 11.8 Å². The van der Waals surface area contributed by atoms with E-state index >= 15 is 0 Å². The van der Waals surface area contributed by atoms with Crippen molar-refractivity contribution in [2.75, 3.05) is 13.1 Å². The Morgan fingerprint density at radius 1 is 1.23 bits per heavy atom. The highest BCUT2D eigenvalue weighted by Gasteiger charge is 2.27. The lowest BCUT2D eigenvalue weighted by atomic mass is 10.1. The summed E-state index contributed by atoms with van der Waals surface area (Å²) in [7, 11) is 0. The molecule has 0 radical (unpaired) electrons. The highest BCUT2D eigenvalue weighted by molar-refractivity contribution is 7.99. The number of nitrogens with zero attached hydrogens (tertiary/aromatic N) is 5. The topological polar surface area (TPSA) is 46.8 Å². The molecular weight excluding hydrogens is 294 g/mol. The first-order chi connectivity index (χ1) is 10.5. The molecule has 2 aromatic rings. The molecule has 1 fully saturated rings. The quantitative estimate of drug-likeness (QED) is 0.868. The van der Waals surface area contributed by atoms with Gasteiger partial charge in [0.15, 0.2) is 0 Å². The Hall–Kier alpha value is -1.40. The number of rotatable bonds is 4. The predicted octanol–water partition coefficient (Wildman–Crippen LogP) is 2.79. The zero-order chi connectivity index (χ0) is 15.6. The Kier molecular flexibility index (Phi) is 4.49. The van der Waals surface area contributed by atoms with E-state index in [0.717, 1.165) is 24.8 Å². The number of thioether (sulfide) groups is 1. The van der Waals surface area contributed by atoms with Gasteiger partial charge in [-0.3, -0.25) is 4.90 Å². The second kappa shape index (κ2) is 6.38. The van der Waals surface area contributed by atoms with Crippen molar-refractivity contribution in [2.45, 2.75) is 49.7 Å². The zero-order valence-electron chi connectivity index (χ0n) is 13.4.